The van der Waals surface area contributed by atoms with E-state index in [0.29, 0.717) is 0 Å². The van der Waals surface area contributed by atoms with Crippen LogP contribution in [0.15, 0.2) is 0 Å². The molecule has 2 N–H and O–H groups in total. The van der Waals surface area contributed by atoms with Crippen LogP contribution in [-0.4, -0.2) is 30.4 Å². The third-order valence-electron chi connectivity index (χ3n) is 2.45. The first-order valence-corrected chi connectivity index (χ1v) is 5.75. The van der Waals surface area contributed by atoms with E-state index >= 15 is 0 Å². The Kier molecular flexibility index (Phi) is 7.48. The minimum Gasteiger partial charge on any atom is -0.369 e. The van der Waals surface area contributed by atoms with Crippen LogP contribution >= 0.6 is 0 Å². The van der Waals surface area contributed by atoms with E-state index < -0.39 is 0 Å². The smallest absolute Gasteiger partial charge is 0.221 e. The van der Waals surface area contributed by atoms with Gasteiger partial charge in [-0.15, -0.1) is 0 Å². The van der Waals surface area contributed by atoms with Gasteiger partial charge in [0, 0.05) is 6.54 Å². The fourth-order valence-electron chi connectivity index (χ4n) is 1.81. The summed E-state index contributed by atoms with van der Waals surface area (Å²) < 4.78 is 0. The lowest BCUT2D eigenvalue weighted by Gasteiger charge is -2.30. The summed E-state index contributed by atoms with van der Waals surface area (Å²) in [6.07, 6.45) is 3.26. The predicted molar refractivity (Wildman–Crippen MR) is 60.0 cm³/mol. The van der Waals surface area contributed by atoms with Crippen molar-refractivity contribution >= 4 is 5.91 Å². The Morgan fingerprint density at radius 3 is 2.64 bits per heavy atom. The number of nitrogens with zero attached hydrogens (tertiary/aromatic N) is 1. The maximum absolute atomic E-state index is 10.9. The quantitative estimate of drug-likeness (QED) is 0.752. The molecule has 0 aliphatic carbocycles. The maximum Gasteiger partial charge on any atom is 0.221 e. The number of piperidine rings is 1. The van der Waals surface area contributed by atoms with Crippen molar-refractivity contribution in [2.45, 2.75) is 40.0 Å². The van der Waals surface area contributed by atoms with Crippen LogP contribution in [0.2, 0.25) is 0 Å². The van der Waals surface area contributed by atoms with Crippen LogP contribution < -0.4 is 5.73 Å². The van der Waals surface area contributed by atoms with E-state index in [-0.39, 0.29) is 11.8 Å². The highest BCUT2D eigenvalue weighted by Gasteiger charge is 2.22. The predicted octanol–water partition coefficient (Wildman–Crippen LogP) is 1.62. The van der Waals surface area contributed by atoms with Gasteiger partial charge in [0.2, 0.25) is 5.91 Å². The van der Waals surface area contributed by atoms with E-state index in [2.05, 4.69) is 11.8 Å². The number of amides is 1. The SMILES string of the molecule is CC.CCCN1CCCC(C(N)=O)C1. The van der Waals surface area contributed by atoms with Crippen molar-refractivity contribution < 1.29 is 4.79 Å². The molecule has 0 aromatic heterocycles. The van der Waals surface area contributed by atoms with E-state index in [9.17, 15) is 4.79 Å². The second-order valence-corrected chi connectivity index (χ2v) is 3.54. The highest BCUT2D eigenvalue weighted by atomic mass is 16.1. The zero-order chi connectivity index (χ0) is 11.0. The van der Waals surface area contributed by atoms with Gasteiger partial charge in [-0.1, -0.05) is 20.8 Å². The first-order valence-electron chi connectivity index (χ1n) is 5.75. The van der Waals surface area contributed by atoms with Crippen molar-refractivity contribution in [2.75, 3.05) is 19.6 Å². The van der Waals surface area contributed by atoms with Gasteiger partial charge >= 0.3 is 0 Å². The topological polar surface area (TPSA) is 46.3 Å². The molecule has 1 unspecified atom stereocenters. The van der Waals surface area contributed by atoms with E-state index in [1.807, 2.05) is 13.8 Å². The lowest BCUT2D eigenvalue weighted by molar-refractivity contribution is -0.123. The molecule has 3 heteroatoms. The Morgan fingerprint density at radius 2 is 2.14 bits per heavy atom. The van der Waals surface area contributed by atoms with Gasteiger partial charge in [0.15, 0.2) is 0 Å². The summed E-state index contributed by atoms with van der Waals surface area (Å²) in [4.78, 5) is 13.2. The van der Waals surface area contributed by atoms with Gasteiger partial charge in [0.25, 0.3) is 0 Å². The van der Waals surface area contributed by atoms with Gasteiger partial charge in [-0.05, 0) is 32.4 Å². The summed E-state index contributed by atoms with van der Waals surface area (Å²) in [6, 6.07) is 0. The minimum absolute atomic E-state index is 0.102. The Balaban J connectivity index is 0.000000791. The van der Waals surface area contributed by atoms with Crippen LogP contribution in [-0.2, 0) is 4.79 Å². The van der Waals surface area contributed by atoms with Gasteiger partial charge in [-0.3, -0.25) is 4.79 Å². The highest BCUT2D eigenvalue weighted by Crippen LogP contribution is 2.15. The molecule has 84 valence electrons. The molecule has 0 bridgehead atoms. The fourth-order valence-corrected chi connectivity index (χ4v) is 1.81. The Bertz CT molecular complexity index is 157. The largest absolute Gasteiger partial charge is 0.369 e. The highest BCUT2D eigenvalue weighted by molar-refractivity contribution is 5.76. The third kappa shape index (κ3) is 4.61. The van der Waals surface area contributed by atoms with Crippen molar-refractivity contribution in [3.63, 3.8) is 0 Å². The lowest BCUT2D eigenvalue weighted by atomic mass is 9.97. The third-order valence-corrected chi connectivity index (χ3v) is 2.45. The number of carbonyl (C=O) groups is 1. The van der Waals surface area contributed by atoms with E-state index in [1.54, 1.807) is 0 Å². The number of hydrogen-bond acceptors (Lipinski definition) is 2. The van der Waals surface area contributed by atoms with Gasteiger partial charge in [-0.2, -0.15) is 0 Å². The van der Waals surface area contributed by atoms with Gasteiger partial charge in [0.05, 0.1) is 5.92 Å². The molecule has 1 fully saturated rings. The molecular weight excluding hydrogens is 176 g/mol. The first kappa shape index (κ1) is 13.4. The van der Waals surface area contributed by atoms with Gasteiger partial charge in [-0.25, -0.2) is 0 Å². The molecule has 0 saturated carbocycles. The number of rotatable bonds is 3. The average molecular weight is 200 g/mol. The summed E-state index contributed by atoms with van der Waals surface area (Å²) in [6.45, 7) is 9.28. The Labute approximate surface area is 87.6 Å². The summed E-state index contributed by atoms with van der Waals surface area (Å²) in [5.74, 6) is -0.0268. The second-order valence-electron chi connectivity index (χ2n) is 3.54. The van der Waals surface area contributed by atoms with E-state index in [1.165, 1.54) is 0 Å². The fraction of sp³-hybridized carbons (Fsp3) is 0.909. The van der Waals surface area contributed by atoms with Crippen molar-refractivity contribution in [2.24, 2.45) is 11.7 Å². The molecule has 14 heavy (non-hydrogen) atoms. The van der Waals surface area contributed by atoms with Crippen LogP contribution in [0.25, 0.3) is 0 Å². The number of nitrogens with two attached hydrogens (primary N) is 1. The Hall–Kier alpha value is -0.570. The second kappa shape index (κ2) is 7.80. The van der Waals surface area contributed by atoms with Crippen molar-refractivity contribution in [3.8, 4) is 0 Å². The van der Waals surface area contributed by atoms with Crippen molar-refractivity contribution in [1.82, 2.24) is 4.90 Å². The number of likely N-dealkylation sites (tertiary alicyclic amines) is 1. The van der Waals surface area contributed by atoms with E-state index in [4.69, 9.17) is 5.73 Å². The minimum atomic E-state index is -0.129. The van der Waals surface area contributed by atoms with Crippen LogP contribution in [0.1, 0.15) is 40.0 Å². The molecule has 0 radical (unpaired) electrons. The standard InChI is InChI=1S/C9H18N2O.C2H6/c1-2-5-11-6-3-4-8(7-11)9(10)12;1-2/h8H,2-7H2,1H3,(H2,10,12);1-2H3. The van der Waals surface area contributed by atoms with Crippen molar-refractivity contribution in [3.05, 3.63) is 0 Å². The molecule has 0 aromatic carbocycles. The zero-order valence-electron chi connectivity index (χ0n) is 9.75. The normalized spacial score (nSPS) is 22.4. The molecule has 1 atom stereocenters. The molecular formula is C11H24N2O. The summed E-state index contributed by atoms with van der Waals surface area (Å²) in [7, 11) is 0. The molecule has 1 amide bonds. The van der Waals surface area contributed by atoms with Gasteiger partial charge in [0.1, 0.15) is 0 Å². The van der Waals surface area contributed by atoms with Crippen LogP contribution in [0, 0.1) is 5.92 Å². The molecule has 1 aliphatic heterocycles. The monoisotopic (exact) mass is 200 g/mol. The van der Waals surface area contributed by atoms with Crippen molar-refractivity contribution in [1.29, 1.82) is 0 Å². The first-order chi connectivity index (χ1) is 6.74. The zero-order valence-corrected chi connectivity index (χ0v) is 9.75. The molecule has 1 rings (SSSR count). The van der Waals surface area contributed by atoms with Crippen LogP contribution in [0.3, 0.4) is 0 Å². The number of primary amides is 1. The van der Waals surface area contributed by atoms with Gasteiger partial charge < -0.3 is 10.6 Å². The molecule has 0 spiro atoms. The Morgan fingerprint density at radius 1 is 1.50 bits per heavy atom. The molecule has 1 aliphatic rings. The van der Waals surface area contributed by atoms with Crippen LogP contribution in [0.5, 0.6) is 0 Å². The summed E-state index contributed by atoms with van der Waals surface area (Å²) in [5.41, 5.74) is 5.26. The summed E-state index contributed by atoms with van der Waals surface area (Å²) >= 11 is 0. The molecule has 3 nitrogen and oxygen atoms in total. The maximum atomic E-state index is 10.9. The van der Waals surface area contributed by atoms with Crippen LogP contribution in [0.4, 0.5) is 0 Å². The lowest BCUT2D eigenvalue weighted by Crippen LogP contribution is -2.41. The average Bonchev–Trinajstić information content (AvgIpc) is 2.22. The molecule has 0 aromatic rings. The number of carbonyl (C=O) groups excluding carboxylic acids is 1. The molecule has 1 saturated heterocycles. The number of hydrogen-bond donors (Lipinski definition) is 1. The molecule has 1 heterocycles. The summed E-state index contributed by atoms with van der Waals surface area (Å²) in [5, 5.41) is 0. The van der Waals surface area contributed by atoms with E-state index in [0.717, 1.165) is 38.9 Å².